The van der Waals surface area contributed by atoms with Crippen molar-refractivity contribution in [2.75, 3.05) is 36.8 Å². The Morgan fingerprint density at radius 2 is 1.64 bits per heavy atom. The van der Waals surface area contributed by atoms with E-state index in [0.29, 0.717) is 28.9 Å². The third-order valence-corrected chi connectivity index (χ3v) is 8.34. The maximum atomic E-state index is 13.3. The molecule has 0 saturated carbocycles. The van der Waals surface area contributed by atoms with Gasteiger partial charge in [0, 0.05) is 55.1 Å². The lowest BCUT2D eigenvalue weighted by atomic mass is 9.98. The average molecular weight is 566 g/mol. The second-order valence-electron chi connectivity index (χ2n) is 11.3. The number of anilines is 2. The van der Waals surface area contributed by atoms with Crippen LogP contribution in [-0.4, -0.2) is 52.7 Å². The lowest BCUT2D eigenvalue weighted by Gasteiger charge is -2.17. The normalized spacial score (nSPS) is 17.9. The van der Waals surface area contributed by atoms with Gasteiger partial charge >= 0.3 is 0 Å². The third-order valence-electron chi connectivity index (χ3n) is 8.34. The van der Waals surface area contributed by atoms with E-state index in [1.807, 2.05) is 41.3 Å². The summed E-state index contributed by atoms with van der Waals surface area (Å²) < 4.78 is 0. The summed E-state index contributed by atoms with van der Waals surface area (Å²) in [6, 6.07) is 20.7. The van der Waals surface area contributed by atoms with E-state index in [-0.39, 0.29) is 17.5 Å². The summed E-state index contributed by atoms with van der Waals surface area (Å²) in [5.74, 6) is -0.0647. The molecule has 2 N–H and O–H groups in total. The summed E-state index contributed by atoms with van der Waals surface area (Å²) in [4.78, 5) is 40.7. The van der Waals surface area contributed by atoms with Crippen LogP contribution in [0.25, 0.3) is 11.3 Å². The smallest absolute Gasteiger partial charge is 0.270 e. The van der Waals surface area contributed by atoms with Crippen molar-refractivity contribution in [1.82, 2.24) is 9.80 Å². The first-order valence-electron chi connectivity index (χ1n) is 14.7. The first-order chi connectivity index (χ1) is 20.4. The molecule has 0 radical (unpaired) electrons. The molecule has 9 nitrogen and oxygen atoms in total. The second kappa shape index (κ2) is 12.2. The highest BCUT2D eigenvalue weighted by Crippen LogP contribution is 2.39. The summed E-state index contributed by atoms with van der Waals surface area (Å²) >= 11 is 0. The molecular weight excluding hydrogens is 530 g/mol. The van der Waals surface area contributed by atoms with Crippen LogP contribution in [0.15, 0.2) is 66.7 Å². The van der Waals surface area contributed by atoms with E-state index in [0.717, 1.165) is 68.8 Å². The minimum absolute atomic E-state index is 0.0693. The van der Waals surface area contributed by atoms with Crippen LogP contribution in [-0.2, 0) is 22.6 Å². The first kappa shape index (κ1) is 27.7. The van der Waals surface area contributed by atoms with Gasteiger partial charge in [0.25, 0.3) is 11.6 Å². The molecule has 9 heteroatoms. The molecule has 3 aromatic rings. The molecule has 3 aromatic carbocycles. The van der Waals surface area contributed by atoms with Gasteiger partial charge in [-0.05, 0) is 80.1 Å². The number of hydrogen-bond acceptors (Lipinski definition) is 6. The Hall–Kier alpha value is -4.50. The number of aryl methyl sites for hydroxylation is 1. The van der Waals surface area contributed by atoms with Crippen molar-refractivity contribution in [3.8, 4) is 0 Å². The SMILES string of the molecule is O=C1Nc2ccc([N+](=O)[O-])cc2C1=C(Nc1ccc(CN2CCCC2)cc1)c1ccc(CCCN2CCCC2=O)cc1. The molecule has 0 unspecified atom stereocenters. The first-order valence-corrected chi connectivity index (χ1v) is 14.7. The maximum absolute atomic E-state index is 13.3. The fourth-order valence-electron chi connectivity index (χ4n) is 6.09. The van der Waals surface area contributed by atoms with E-state index in [4.69, 9.17) is 0 Å². The van der Waals surface area contributed by atoms with Crippen molar-refractivity contribution in [2.24, 2.45) is 0 Å². The number of nitrogens with zero attached hydrogens (tertiary/aromatic N) is 3. The van der Waals surface area contributed by atoms with Crippen LogP contribution in [0.3, 0.4) is 0 Å². The van der Waals surface area contributed by atoms with Gasteiger partial charge in [0.05, 0.1) is 16.2 Å². The van der Waals surface area contributed by atoms with Crippen molar-refractivity contribution in [1.29, 1.82) is 0 Å². The molecule has 0 spiro atoms. The highest BCUT2D eigenvalue weighted by Gasteiger charge is 2.30. The van der Waals surface area contributed by atoms with Crippen molar-refractivity contribution in [3.63, 3.8) is 0 Å². The van der Waals surface area contributed by atoms with E-state index >= 15 is 0 Å². The number of nitro groups is 1. The summed E-state index contributed by atoms with van der Waals surface area (Å²) in [6.45, 7) is 4.79. The van der Waals surface area contributed by atoms with Crippen LogP contribution in [0.1, 0.15) is 54.4 Å². The Kier molecular flexibility index (Phi) is 8.01. The van der Waals surface area contributed by atoms with Gasteiger partial charge in [-0.3, -0.25) is 24.6 Å². The minimum Gasteiger partial charge on any atom is -0.354 e. The molecule has 216 valence electrons. The predicted molar refractivity (Wildman–Crippen MR) is 164 cm³/mol. The molecule has 0 atom stereocenters. The number of fused-ring (bicyclic) bond motifs is 1. The second-order valence-corrected chi connectivity index (χ2v) is 11.3. The molecule has 42 heavy (non-hydrogen) atoms. The number of rotatable bonds is 10. The minimum atomic E-state index is -0.447. The van der Waals surface area contributed by atoms with Crippen molar-refractivity contribution in [2.45, 2.75) is 45.1 Å². The van der Waals surface area contributed by atoms with Gasteiger partial charge < -0.3 is 15.5 Å². The number of carbonyl (C=O) groups excluding carboxylic acids is 2. The van der Waals surface area contributed by atoms with Gasteiger partial charge in [0.2, 0.25) is 5.91 Å². The number of non-ortho nitro benzene ring substituents is 1. The fraction of sp³-hybridized carbons (Fsp3) is 0.333. The topological polar surface area (TPSA) is 108 Å². The molecule has 6 rings (SSSR count). The standard InChI is InChI=1S/C33H35N5O4/c39-30-6-4-20-37(30)19-3-5-23-7-11-25(12-8-23)32(31-28-21-27(38(41)42)15-16-29(28)35-33(31)40)34-26-13-9-24(10-14-26)22-36-17-1-2-18-36/h7-16,21,34H,1-6,17-20,22H2,(H,35,40). The van der Waals surface area contributed by atoms with E-state index in [1.54, 1.807) is 6.07 Å². The van der Waals surface area contributed by atoms with Crippen LogP contribution >= 0.6 is 0 Å². The highest BCUT2D eigenvalue weighted by atomic mass is 16.6. The summed E-state index contributed by atoms with van der Waals surface area (Å²) in [5.41, 5.74) is 5.95. The third kappa shape index (κ3) is 6.06. The quantitative estimate of drug-likeness (QED) is 0.186. The van der Waals surface area contributed by atoms with E-state index < -0.39 is 4.92 Å². The molecule has 2 amide bonds. The van der Waals surface area contributed by atoms with Crippen molar-refractivity contribution in [3.05, 3.63) is 99.1 Å². The predicted octanol–water partition coefficient (Wildman–Crippen LogP) is 5.68. The Labute approximate surface area is 245 Å². The van der Waals surface area contributed by atoms with Crippen LogP contribution in [0.5, 0.6) is 0 Å². The fourth-order valence-corrected chi connectivity index (χ4v) is 6.09. The van der Waals surface area contributed by atoms with Crippen LogP contribution in [0.2, 0.25) is 0 Å². The molecule has 2 fully saturated rings. The summed E-state index contributed by atoms with van der Waals surface area (Å²) in [7, 11) is 0. The average Bonchev–Trinajstić information content (AvgIpc) is 3.73. The van der Waals surface area contributed by atoms with Crippen LogP contribution < -0.4 is 10.6 Å². The number of hydrogen-bond donors (Lipinski definition) is 2. The Bertz CT molecular complexity index is 1520. The Morgan fingerprint density at radius 3 is 2.33 bits per heavy atom. The van der Waals surface area contributed by atoms with Gasteiger partial charge in [-0.2, -0.15) is 0 Å². The highest BCUT2D eigenvalue weighted by molar-refractivity contribution is 6.37. The zero-order chi connectivity index (χ0) is 29.1. The van der Waals surface area contributed by atoms with Gasteiger partial charge in [0.15, 0.2) is 0 Å². The van der Waals surface area contributed by atoms with Crippen LogP contribution in [0.4, 0.5) is 17.1 Å². The lowest BCUT2D eigenvalue weighted by molar-refractivity contribution is -0.384. The summed E-state index contributed by atoms with van der Waals surface area (Å²) in [6.07, 6.45) is 5.82. The molecule has 3 aliphatic rings. The molecule has 3 aliphatic heterocycles. The Morgan fingerprint density at radius 1 is 0.905 bits per heavy atom. The van der Waals surface area contributed by atoms with E-state index in [2.05, 4.69) is 27.7 Å². The number of likely N-dealkylation sites (tertiary alicyclic amines) is 2. The van der Waals surface area contributed by atoms with Gasteiger partial charge in [-0.25, -0.2) is 0 Å². The van der Waals surface area contributed by atoms with Crippen molar-refractivity contribution >= 4 is 40.1 Å². The number of benzene rings is 3. The van der Waals surface area contributed by atoms with E-state index in [9.17, 15) is 19.7 Å². The summed E-state index contributed by atoms with van der Waals surface area (Å²) in [5, 5.41) is 17.9. The zero-order valence-electron chi connectivity index (χ0n) is 23.6. The molecule has 0 bridgehead atoms. The molecule has 0 aliphatic carbocycles. The zero-order valence-corrected chi connectivity index (χ0v) is 23.6. The number of nitro benzene ring substituents is 1. The molecule has 2 saturated heterocycles. The van der Waals surface area contributed by atoms with Gasteiger partial charge in [-0.15, -0.1) is 0 Å². The number of carbonyl (C=O) groups is 2. The number of amides is 2. The number of nitrogens with one attached hydrogen (secondary N) is 2. The van der Waals surface area contributed by atoms with Gasteiger partial charge in [0.1, 0.15) is 0 Å². The maximum Gasteiger partial charge on any atom is 0.270 e. The van der Waals surface area contributed by atoms with Gasteiger partial charge in [-0.1, -0.05) is 36.4 Å². The molecule has 3 heterocycles. The van der Waals surface area contributed by atoms with Crippen molar-refractivity contribution < 1.29 is 14.5 Å². The largest absolute Gasteiger partial charge is 0.354 e. The van der Waals surface area contributed by atoms with E-state index in [1.165, 1.54) is 30.5 Å². The molecule has 0 aromatic heterocycles. The Balaban J connectivity index is 1.28. The lowest BCUT2D eigenvalue weighted by Crippen LogP contribution is -2.25. The monoisotopic (exact) mass is 565 g/mol. The van der Waals surface area contributed by atoms with Crippen LogP contribution in [0, 0.1) is 10.1 Å². The molecular formula is C33H35N5O4.